The van der Waals surface area contributed by atoms with Crippen molar-refractivity contribution in [2.24, 2.45) is 0 Å². The monoisotopic (exact) mass is 471 g/mol. The fourth-order valence-electron chi connectivity index (χ4n) is 4.00. The highest BCUT2D eigenvalue weighted by Crippen LogP contribution is 2.26. The summed E-state index contributed by atoms with van der Waals surface area (Å²) in [6.07, 6.45) is 6.96. The van der Waals surface area contributed by atoms with Crippen molar-refractivity contribution in [1.82, 2.24) is 45.4 Å². The maximum Gasteiger partial charge on any atom is 0.349 e. The SMILES string of the molecule is CC(C)N1NC(c2ccc(-c3cc(-n4cccn4)nc(-n4cccn4)c3)cc2)NN(C(C)C)C1=O. The molecule has 0 saturated carbocycles. The summed E-state index contributed by atoms with van der Waals surface area (Å²) in [5.74, 6) is 1.41. The molecular weight excluding hydrogens is 442 g/mol. The molecule has 2 N–H and O–H groups in total. The third-order valence-corrected chi connectivity index (χ3v) is 5.84. The number of aromatic nitrogens is 5. The van der Waals surface area contributed by atoms with Crippen molar-refractivity contribution in [3.63, 3.8) is 0 Å². The smallest absolute Gasteiger partial charge is 0.254 e. The Morgan fingerprint density at radius 1 is 0.771 bits per heavy atom. The van der Waals surface area contributed by atoms with Gasteiger partial charge in [-0.2, -0.15) is 10.2 Å². The summed E-state index contributed by atoms with van der Waals surface area (Å²) in [6, 6.07) is 16.0. The minimum absolute atomic E-state index is 0.0193. The van der Waals surface area contributed by atoms with Crippen LogP contribution < -0.4 is 10.9 Å². The van der Waals surface area contributed by atoms with Gasteiger partial charge in [0.05, 0.1) is 0 Å². The molecule has 0 radical (unpaired) electrons. The zero-order valence-electron chi connectivity index (χ0n) is 20.2. The van der Waals surface area contributed by atoms with Gasteiger partial charge < -0.3 is 0 Å². The van der Waals surface area contributed by atoms with Gasteiger partial charge in [0.1, 0.15) is 6.17 Å². The summed E-state index contributed by atoms with van der Waals surface area (Å²) < 4.78 is 3.47. The minimum atomic E-state index is -0.233. The molecule has 4 aromatic rings. The van der Waals surface area contributed by atoms with Crippen LogP contribution in [0.2, 0.25) is 0 Å². The normalized spacial score (nSPS) is 15.0. The number of carbonyl (C=O) groups excluding carboxylic acids is 1. The third kappa shape index (κ3) is 4.53. The first-order chi connectivity index (χ1) is 16.9. The van der Waals surface area contributed by atoms with Crippen LogP contribution in [0.5, 0.6) is 0 Å². The second-order valence-corrected chi connectivity index (χ2v) is 9.00. The van der Waals surface area contributed by atoms with Crippen molar-refractivity contribution in [2.45, 2.75) is 45.9 Å². The van der Waals surface area contributed by atoms with Gasteiger partial charge >= 0.3 is 6.03 Å². The van der Waals surface area contributed by atoms with Crippen molar-refractivity contribution in [1.29, 1.82) is 0 Å². The summed E-state index contributed by atoms with van der Waals surface area (Å²) in [7, 11) is 0. The molecule has 1 aromatic carbocycles. The number of amides is 2. The van der Waals surface area contributed by atoms with Crippen molar-refractivity contribution in [2.75, 3.05) is 0 Å². The molecule has 0 atom stereocenters. The maximum absolute atomic E-state index is 12.8. The lowest BCUT2D eigenvalue weighted by Gasteiger charge is -2.44. The van der Waals surface area contributed by atoms with E-state index in [1.807, 2.05) is 64.4 Å². The molecule has 3 aromatic heterocycles. The van der Waals surface area contributed by atoms with Crippen LogP contribution in [0.25, 0.3) is 22.8 Å². The predicted molar refractivity (Wildman–Crippen MR) is 132 cm³/mol. The van der Waals surface area contributed by atoms with Crippen LogP contribution in [0.1, 0.15) is 39.4 Å². The first kappa shape index (κ1) is 22.8. The summed E-state index contributed by atoms with van der Waals surface area (Å²) in [5, 5.41) is 12.0. The first-order valence-corrected chi connectivity index (χ1v) is 11.7. The fraction of sp³-hybridized carbons (Fsp3) is 0.280. The second kappa shape index (κ2) is 9.32. The molecule has 10 heteroatoms. The van der Waals surface area contributed by atoms with Gasteiger partial charge in [-0.05, 0) is 68.7 Å². The van der Waals surface area contributed by atoms with Crippen molar-refractivity contribution >= 4 is 6.03 Å². The number of nitrogens with one attached hydrogen (secondary N) is 2. The number of pyridine rings is 1. The first-order valence-electron chi connectivity index (χ1n) is 11.7. The van der Waals surface area contributed by atoms with Crippen LogP contribution >= 0.6 is 0 Å². The molecule has 0 bridgehead atoms. The van der Waals surface area contributed by atoms with E-state index in [2.05, 4.69) is 45.3 Å². The molecule has 1 aliphatic rings. The highest BCUT2D eigenvalue weighted by atomic mass is 16.2. The number of hydrazine groups is 2. The van der Waals surface area contributed by atoms with Gasteiger partial charge in [-0.1, -0.05) is 24.3 Å². The molecule has 2 amide bonds. The van der Waals surface area contributed by atoms with Gasteiger partial charge in [0.15, 0.2) is 11.6 Å². The summed E-state index contributed by atoms with van der Waals surface area (Å²) in [4.78, 5) is 17.5. The Bertz CT molecular complexity index is 1210. The quantitative estimate of drug-likeness (QED) is 0.445. The van der Waals surface area contributed by atoms with E-state index in [0.29, 0.717) is 11.6 Å². The van der Waals surface area contributed by atoms with Crippen molar-refractivity contribution in [3.8, 4) is 22.8 Å². The van der Waals surface area contributed by atoms with Crippen molar-refractivity contribution < 1.29 is 4.79 Å². The Balaban J connectivity index is 1.47. The van der Waals surface area contributed by atoms with Crippen LogP contribution in [0.4, 0.5) is 4.79 Å². The number of benzene rings is 1. The highest BCUT2D eigenvalue weighted by Gasteiger charge is 2.34. The van der Waals surface area contributed by atoms with Gasteiger partial charge in [-0.3, -0.25) is 10.0 Å². The van der Waals surface area contributed by atoms with E-state index in [4.69, 9.17) is 4.98 Å². The van der Waals surface area contributed by atoms with Crippen LogP contribution in [0, 0.1) is 0 Å². The molecule has 0 aliphatic carbocycles. The van der Waals surface area contributed by atoms with E-state index >= 15 is 0 Å². The largest absolute Gasteiger partial charge is 0.349 e. The minimum Gasteiger partial charge on any atom is -0.254 e. The number of hydrogen-bond donors (Lipinski definition) is 2. The molecule has 35 heavy (non-hydrogen) atoms. The van der Waals surface area contributed by atoms with Gasteiger partial charge in [-0.25, -0.2) is 30.0 Å². The van der Waals surface area contributed by atoms with Gasteiger partial charge in [0.25, 0.3) is 0 Å². The second-order valence-electron chi connectivity index (χ2n) is 9.00. The van der Waals surface area contributed by atoms with Gasteiger partial charge in [-0.15, -0.1) is 0 Å². The maximum atomic E-state index is 12.8. The van der Waals surface area contributed by atoms with Crippen LogP contribution in [-0.2, 0) is 0 Å². The average molecular weight is 472 g/mol. The lowest BCUT2D eigenvalue weighted by molar-refractivity contribution is 0.00380. The predicted octanol–water partition coefficient (Wildman–Crippen LogP) is 3.68. The zero-order chi connectivity index (χ0) is 24.5. The van der Waals surface area contributed by atoms with E-state index in [1.54, 1.807) is 31.8 Å². The molecule has 0 spiro atoms. The van der Waals surface area contributed by atoms with Crippen LogP contribution in [0.3, 0.4) is 0 Å². The Morgan fingerprint density at radius 3 is 1.71 bits per heavy atom. The molecule has 1 fully saturated rings. The van der Waals surface area contributed by atoms with E-state index in [1.165, 1.54) is 0 Å². The van der Waals surface area contributed by atoms with E-state index in [0.717, 1.165) is 16.7 Å². The summed E-state index contributed by atoms with van der Waals surface area (Å²) in [6.45, 7) is 7.97. The number of carbonyl (C=O) groups is 1. The third-order valence-electron chi connectivity index (χ3n) is 5.84. The molecular formula is C25H29N9O. The Kier molecular flexibility index (Phi) is 6.06. The highest BCUT2D eigenvalue weighted by molar-refractivity contribution is 5.75. The number of nitrogens with zero attached hydrogens (tertiary/aromatic N) is 7. The van der Waals surface area contributed by atoms with Crippen LogP contribution in [-0.4, -0.2) is 52.7 Å². The Hall–Kier alpha value is -4.02. The zero-order valence-corrected chi connectivity index (χ0v) is 20.2. The van der Waals surface area contributed by atoms with Gasteiger partial charge in [0.2, 0.25) is 0 Å². The molecule has 1 aliphatic heterocycles. The molecule has 10 nitrogen and oxygen atoms in total. The molecule has 4 heterocycles. The molecule has 5 rings (SSSR count). The lowest BCUT2D eigenvalue weighted by atomic mass is 10.0. The molecule has 0 unspecified atom stereocenters. The summed E-state index contributed by atoms with van der Waals surface area (Å²) in [5.41, 5.74) is 9.68. The van der Waals surface area contributed by atoms with Crippen LogP contribution in [0.15, 0.2) is 73.3 Å². The fourth-order valence-corrected chi connectivity index (χ4v) is 4.00. The average Bonchev–Trinajstić information content (AvgIpc) is 3.58. The number of hydrogen-bond acceptors (Lipinski definition) is 6. The van der Waals surface area contributed by atoms with Crippen molar-refractivity contribution in [3.05, 3.63) is 78.9 Å². The lowest BCUT2D eigenvalue weighted by Crippen LogP contribution is -2.67. The standard InChI is InChI=1S/C25H29N9O/c1-17(2)33-25(35)34(18(3)4)30-24(29-33)20-9-7-19(8-10-20)21-15-22(31-13-5-11-26-31)28-23(16-21)32-14-6-12-27-32/h5-18,24,29-30H,1-4H3. The van der Waals surface area contributed by atoms with Gasteiger partial charge in [0, 0.05) is 36.9 Å². The summed E-state index contributed by atoms with van der Waals surface area (Å²) >= 11 is 0. The topological polar surface area (TPSA) is 96.1 Å². The number of rotatable bonds is 6. The van der Waals surface area contributed by atoms with E-state index < -0.39 is 0 Å². The molecule has 180 valence electrons. The van der Waals surface area contributed by atoms with E-state index in [-0.39, 0.29) is 24.3 Å². The Morgan fingerprint density at radius 2 is 1.29 bits per heavy atom. The molecule has 1 saturated heterocycles. The Labute approximate surface area is 204 Å². The number of urea groups is 1. The van der Waals surface area contributed by atoms with E-state index in [9.17, 15) is 4.79 Å².